The molecular formula is C11H12FN5. The minimum absolute atomic E-state index is 0.195. The second-order valence-corrected chi connectivity index (χ2v) is 3.42. The average Bonchev–Trinajstić information content (AvgIpc) is 2.36. The minimum atomic E-state index is -0.431. The first-order chi connectivity index (χ1) is 8.22. The molecule has 1 N–H and O–H groups in total. The maximum atomic E-state index is 13.7. The van der Waals surface area contributed by atoms with Crippen LogP contribution >= 0.6 is 0 Å². The molecule has 0 saturated carbocycles. The molecule has 0 spiro atoms. The summed E-state index contributed by atoms with van der Waals surface area (Å²) in [5, 5.41) is 2.85. The van der Waals surface area contributed by atoms with Gasteiger partial charge in [-0.3, -0.25) is 4.98 Å². The normalized spacial score (nSPS) is 10.3. The van der Waals surface area contributed by atoms with Gasteiger partial charge in [-0.1, -0.05) is 0 Å². The van der Waals surface area contributed by atoms with Gasteiger partial charge in [0.1, 0.15) is 5.69 Å². The number of hydrogen-bond donors (Lipinski definition) is 1. The van der Waals surface area contributed by atoms with E-state index in [4.69, 9.17) is 0 Å². The molecule has 88 valence electrons. The maximum absolute atomic E-state index is 13.7. The Balaban J connectivity index is 2.49. The Morgan fingerprint density at radius 1 is 1.29 bits per heavy atom. The molecule has 0 fully saturated rings. The van der Waals surface area contributed by atoms with Gasteiger partial charge in [0.2, 0.25) is 0 Å². The highest BCUT2D eigenvalue weighted by atomic mass is 19.1. The number of aryl methyl sites for hydroxylation is 1. The average molecular weight is 233 g/mol. The van der Waals surface area contributed by atoms with Crippen LogP contribution in [0.25, 0.3) is 11.5 Å². The van der Waals surface area contributed by atoms with E-state index >= 15 is 0 Å². The van der Waals surface area contributed by atoms with Gasteiger partial charge >= 0.3 is 0 Å². The van der Waals surface area contributed by atoms with E-state index in [1.54, 1.807) is 25.5 Å². The zero-order chi connectivity index (χ0) is 12.3. The lowest BCUT2D eigenvalue weighted by atomic mass is 10.3. The summed E-state index contributed by atoms with van der Waals surface area (Å²) in [6.07, 6.45) is 4.65. The third kappa shape index (κ3) is 2.35. The van der Waals surface area contributed by atoms with E-state index in [-0.39, 0.29) is 11.5 Å². The predicted molar refractivity (Wildman–Crippen MR) is 61.9 cm³/mol. The van der Waals surface area contributed by atoms with Crippen molar-refractivity contribution in [3.63, 3.8) is 0 Å². The van der Waals surface area contributed by atoms with Gasteiger partial charge in [0.15, 0.2) is 17.5 Å². The Labute approximate surface area is 98.2 Å². The van der Waals surface area contributed by atoms with E-state index < -0.39 is 5.82 Å². The number of anilines is 1. The van der Waals surface area contributed by atoms with Crippen LogP contribution in [0, 0.1) is 12.7 Å². The Bertz CT molecular complexity index is 515. The molecule has 0 unspecified atom stereocenters. The first kappa shape index (κ1) is 11.4. The van der Waals surface area contributed by atoms with Crippen LogP contribution in [0.1, 0.15) is 12.6 Å². The molecule has 2 aromatic rings. The van der Waals surface area contributed by atoms with Gasteiger partial charge in [-0.25, -0.2) is 19.3 Å². The van der Waals surface area contributed by atoms with Gasteiger partial charge < -0.3 is 5.32 Å². The van der Waals surface area contributed by atoms with Crippen LogP contribution in [0.15, 0.2) is 18.6 Å². The first-order valence-electron chi connectivity index (χ1n) is 5.26. The van der Waals surface area contributed by atoms with Crippen molar-refractivity contribution in [1.82, 2.24) is 19.9 Å². The van der Waals surface area contributed by atoms with Crippen molar-refractivity contribution in [2.75, 3.05) is 11.9 Å². The fraction of sp³-hybridized carbons (Fsp3) is 0.273. The van der Waals surface area contributed by atoms with Gasteiger partial charge in [-0.15, -0.1) is 0 Å². The second kappa shape index (κ2) is 4.82. The molecule has 0 aromatic carbocycles. The first-order valence-corrected chi connectivity index (χ1v) is 5.26. The summed E-state index contributed by atoms with van der Waals surface area (Å²) in [6, 6.07) is 0. The van der Waals surface area contributed by atoms with E-state index in [2.05, 4.69) is 25.3 Å². The van der Waals surface area contributed by atoms with Crippen LogP contribution in [-0.2, 0) is 0 Å². The molecule has 0 aliphatic heterocycles. The van der Waals surface area contributed by atoms with Crippen LogP contribution in [0.3, 0.4) is 0 Å². The van der Waals surface area contributed by atoms with E-state index in [0.29, 0.717) is 18.1 Å². The van der Waals surface area contributed by atoms with E-state index in [9.17, 15) is 4.39 Å². The summed E-state index contributed by atoms with van der Waals surface area (Å²) in [5.41, 5.74) is 0.811. The van der Waals surface area contributed by atoms with E-state index in [1.807, 2.05) is 6.92 Å². The Morgan fingerprint density at radius 3 is 2.76 bits per heavy atom. The summed E-state index contributed by atoms with van der Waals surface area (Å²) >= 11 is 0. The number of rotatable bonds is 3. The smallest absolute Gasteiger partial charge is 0.186 e. The lowest BCUT2D eigenvalue weighted by molar-refractivity contribution is 0.606. The molecular weight excluding hydrogens is 221 g/mol. The number of hydrogen-bond acceptors (Lipinski definition) is 5. The van der Waals surface area contributed by atoms with Crippen molar-refractivity contribution < 1.29 is 4.39 Å². The quantitative estimate of drug-likeness (QED) is 0.876. The molecule has 17 heavy (non-hydrogen) atoms. The van der Waals surface area contributed by atoms with Crippen molar-refractivity contribution in [1.29, 1.82) is 0 Å². The monoisotopic (exact) mass is 233 g/mol. The van der Waals surface area contributed by atoms with Crippen LogP contribution in [0.5, 0.6) is 0 Å². The summed E-state index contributed by atoms with van der Waals surface area (Å²) in [4.78, 5) is 16.2. The van der Waals surface area contributed by atoms with Crippen molar-refractivity contribution in [2.45, 2.75) is 13.8 Å². The zero-order valence-corrected chi connectivity index (χ0v) is 9.61. The van der Waals surface area contributed by atoms with E-state index in [0.717, 1.165) is 0 Å². The van der Waals surface area contributed by atoms with Gasteiger partial charge in [0, 0.05) is 18.9 Å². The molecule has 6 heteroatoms. The van der Waals surface area contributed by atoms with Crippen molar-refractivity contribution in [3.05, 3.63) is 30.1 Å². The maximum Gasteiger partial charge on any atom is 0.186 e. The predicted octanol–water partition coefficient (Wildman–Crippen LogP) is 1.81. The molecule has 0 aliphatic rings. The van der Waals surface area contributed by atoms with Crippen LogP contribution in [0.2, 0.25) is 0 Å². The van der Waals surface area contributed by atoms with Crippen molar-refractivity contribution in [2.24, 2.45) is 0 Å². The lowest BCUT2D eigenvalue weighted by Gasteiger charge is -2.07. The van der Waals surface area contributed by atoms with Gasteiger partial charge in [-0.05, 0) is 13.8 Å². The largest absolute Gasteiger partial charge is 0.368 e. The summed E-state index contributed by atoms with van der Waals surface area (Å²) in [5.74, 6) is 0.132. The minimum Gasteiger partial charge on any atom is -0.368 e. The summed E-state index contributed by atoms with van der Waals surface area (Å²) in [7, 11) is 0. The van der Waals surface area contributed by atoms with Crippen LogP contribution in [-0.4, -0.2) is 26.5 Å². The van der Waals surface area contributed by atoms with E-state index in [1.165, 1.54) is 0 Å². The molecule has 2 aromatic heterocycles. The van der Waals surface area contributed by atoms with Crippen molar-refractivity contribution >= 4 is 5.82 Å². The third-order valence-electron chi connectivity index (χ3n) is 2.15. The number of nitrogens with one attached hydrogen (secondary N) is 1. The Kier molecular flexibility index (Phi) is 3.22. The number of aromatic nitrogens is 4. The number of nitrogens with zero attached hydrogens (tertiary/aromatic N) is 4. The standard InChI is InChI=1S/C11H12FN5/c1-3-14-11-9(12)7(2)16-10(17-11)8-6-13-4-5-15-8/h4-6H,3H2,1-2H3,(H,14,16,17). The van der Waals surface area contributed by atoms with Gasteiger partial charge in [-0.2, -0.15) is 0 Å². The zero-order valence-electron chi connectivity index (χ0n) is 9.61. The highest BCUT2D eigenvalue weighted by Crippen LogP contribution is 2.18. The van der Waals surface area contributed by atoms with Gasteiger partial charge in [0.05, 0.1) is 11.9 Å². The Hall–Kier alpha value is -2.11. The Morgan fingerprint density at radius 2 is 2.12 bits per heavy atom. The fourth-order valence-corrected chi connectivity index (χ4v) is 1.37. The summed E-state index contributed by atoms with van der Waals surface area (Å²) in [6.45, 7) is 4.06. The fourth-order valence-electron chi connectivity index (χ4n) is 1.37. The molecule has 2 heterocycles. The third-order valence-corrected chi connectivity index (χ3v) is 2.15. The molecule has 0 bridgehead atoms. The highest BCUT2D eigenvalue weighted by molar-refractivity contribution is 5.52. The number of halogens is 1. The topological polar surface area (TPSA) is 63.6 Å². The highest BCUT2D eigenvalue weighted by Gasteiger charge is 2.12. The van der Waals surface area contributed by atoms with Crippen LogP contribution in [0.4, 0.5) is 10.2 Å². The lowest BCUT2D eigenvalue weighted by Crippen LogP contribution is -2.07. The SMILES string of the molecule is CCNc1nc(-c2cnccn2)nc(C)c1F. The summed E-state index contributed by atoms with van der Waals surface area (Å²) < 4.78 is 13.7. The second-order valence-electron chi connectivity index (χ2n) is 3.42. The van der Waals surface area contributed by atoms with Crippen LogP contribution < -0.4 is 5.32 Å². The van der Waals surface area contributed by atoms with Gasteiger partial charge in [0.25, 0.3) is 0 Å². The molecule has 0 saturated heterocycles. The molecule has 0 atom stereocenters. The molecule has 5 nitrogen and oxygen atoms in total. The molecule has 0 amide bonds. The molecule has 0 aliphatic carbocycles. The molecule has 2 rings (SSSR count). The molecule has 0 radical (unpaired) electrons. The van der Waals surface area contributed by atoms with Crippen molar-refractivity contribution in [3.8, 4) is 11.5 Å².